The average Bonchev–Trinajstić information content (AvgIpc) is 3.05. The lowest BCUT2D eigenvalue weighted by Crippen LogP contribution is -2.34. The van der Waals surface area contributed by atoms with E-state index in [4.69, 9.17) is 0 Å². The molecule has 0 saturated carbocycles. The van der Waals surface area contributed by atoms with E-state index in [1.54, 1.807) is 0 Å². The molecule has 1 N–H and O–H groups in total. The molecule has 0 aromatic heterocycles. The number of amides is 2. The van der Waals surface area contributed by atoms with Crippen LogP contribution >= 0.6 is 11.8 Å². The number of likely N-dealkylation sites (tertiary alicyclic amines) is 1. The fourth-order valence-electron chi connectivity index (χ4n) is 2.89. The molecule has 2 aliphatic heterocycles. The molecule has 1 aromatic rings. The third kappa shape index (κ3) is 3.92. The number of hydrogen-bond donors (Lipinski definition) is 1. The van der Waals surface area contributed by atoms with Crippen molar-refractivity contribution >= 4 is 23.5 Å². The summed E-state index contributed by atoms with van der Waals surface area (Å²) < 4.78 is 0. The molecule has 4 nitrogen and oxygen atoms in total. The molecule has 3 rings (SSSR count). The van der Waals surface area contributed by atoms with Gasteiger partial charge in [0, 0.05) is 49.9 Å². The number of urea groups is 1. The van der Waals surface area contributed by atoms with Crippen LogP contribution in [0.4, 0.5) is 10.5 Å². The van der Waals surface area contributed by atoms with E-state index in [0.717, 1.165) is 51.3 Å². The molecule has 0 radical (unpaired) electrons. The van der Waals surface area contributed by atoms with Crippen molar-refractivity contribution < 1.29 is 4.79 Å². The Morgan fingerprint density at radius 2 is 1.81 bits per heavy atom. The van der Waals surface area contributed by atoms with Crippen molar-refractivity contribution in [2.45, 2.75) is 19.4 Å². The average molecular weight is 305 g/mol. The number of anilines is 1. The highest BCUT2D eigenvalue weighted by Crippen LogP contribution is 2.20. The van der Waals surface area contributed by atoms with Crippen LogP contribution < -0.4 is 5.32 Å². The van der Waals surface area contributed by atoms with Gasteiger partial charge in [0.05, 0.1) is 0 Å². The second-order valence-electron chi connectivity index (χ2n) is 5.67. The normalized spacial score (nSPS) is 19.7. The molecule has 0 atom stereocenters. The van der Waals surface area contributed by atoms with Gasteiger partial charge in [0.2, 0.25) is 0 Å². The minimum absolute atomic E-state index is 0.0501. The number of hydrogen-bond acceptors (Lipinski definition) is 3. The molecule has 0 aliphatic carbocycles. The number of nitrogens with zero attached hydrogens (tertiary/aromatic N) is 2. The molecule has 2 fully saturated rings. The summed E-state index contributed by atoms with van der Waals surface area (Å²) in [7, 11) is 0. The fourth-order valence-corrected chi connectivity index (χ4v) is 3.87. The minimum Gasteiger partial charge on any atom is -0.325 e. The van der Waals surface area contributed by atoms with Crippen LogP contribution in [0, 0.1) is 0 Å². The first kappa shape index (κ1) is 14.7. The number of thioether (sulfide) groups is 1. The van der Waals surface area contributed by atoms with E-state index in [1.165, 1.54) is 17.1 Å². The quantitative estimate of drug-likeness (QED) is 0.933. The summed E-state index contributed by atoms with van der Waals surface area (Å²) in [6.07, 6.45) is 2.25. The number of rotatable bonds is 3. The van der Waals surface area contributed by atoms with E-state index in [0.29, 0.717) is 0 Å². The highest BCUT2D eigenvalue weighted by Gasteiger charge is 2.19. The first-order chi connectivity index (χ1) is 10.3. The zero-order valence-electron chi connectivity index (χ0n) is 12.4. The van der Waals surface area contributed by atoms with Gasteiger partial charge < -0.3 is 10.2 Å². The maximum atomic E-state index is 12.3. The van der Waals surface area contributed by atoms with Crippen molar-refractivity contribution in [1.29, 1.82) is 0 Å². The maximum absolute atomic E-state index is 12.3. The van der Waals surface area contributed by atoms with Crippen LogP contribution in [0.15, 0.2) is 24.3 Å². The SMILES string of the molecule is O=C(Nc1ccccc1CN1CCSCC1)N1CCCC1. The van der Waals surface area contributed by atoms with Gasteiger partial charge >= 0.3 is 6.03 Å². The lowest BCUT2D eigenvalue weighted by Gasteiger charge is -2.27. The maximum Gasteiger partial charge on any atom is 0.321 e. The highest BCUT2D eigenvalue weighted by molar-refractivity contribution is 7.99. The molecule has 0 unspecified atom stereocenters. The Morgan fingerprint density at radius 1 is 1.10 bits per heavy atom. The van der Waals surface area contributed by atoms with Crippen LogP contribution in [0.25, 0.3) is 0 Å². The van der Waals surface area contributed by atoms with E-state index in [9.17, 15) is 4.79 Å². The van der Waals surface area contributed by atoms with Crippen LogP contribution in [0.1, 0.15) is 18.4 Å². The van der Waals surface area contributed by atoms with Gasteiger partial charge in [-0.1, -0.05) is 18.2 Å². The van der Waals surface area contributed by atoms with Gasteiger partial charge in [-0.05, 0) is 24.5 Å². The number of para-hydroxylation sites is 1. The van der Waals surface area contributed by atoms with Crippen LogP contribution in [0.2, 0.25) is 0 Å². The standard InChI is InChI=1S/C16H23N3OS/c20-16(19-7-3-4-8-19)17-15-6-2-1-5-14(15)13-18-9-11-21-12-10-18/h1-2,5-6H,3-4,7-13H2,(H,17,20). The number of nitrogens with one attached hydrogen (secondary N) is 1. The van der Waals surface area contributed by atoms with Gasteiger partial charge in [0.15, 0.2) is 0 Å². The molecule has 5 heteroatoms. The van der Waals surface area contributed by atoms with Crippen molar-refractivity contribution in [3.8, 4) is 0 Å². The van der Waals surface area contributed by atoms with Crippen molar-refractivity contribution in [2.24, 2.45) is 0 Å². The zero-order valence-corrected chi connectivity index (χ0v) is 13.2. The molecular weight excluding hydrogens is 282 g/mol. The zero-order chi connectivity index (χ0) is 14.5. The molecule has 2 aliphatic rings. The predicted octanol–water partition coefficient (Wildman–Crippen LogP) is 2.86. The van der Waals surface area contributed by atoms with E-state index < -0.39 is 0 Å². The van der Waals surface area contributed by atoms with Crippen molar-refractivity contribution in [3.05, 3.63) is 29.8 Å². The molecular formula is C16H23N3OS. The molecule has 2 amide bonds. The van der Waals surface area contributed by atoms with E-state index in [1.807, 2.05) is 28.8 Å². The lowest BCUT2D eigenvalue weighted by molar-refractivity contribution is 0.222. The summed E-state index contributed by atoms with van der Waals surface area (Å²) in [5.74, 6) is 2.42. The third-order valence-corrected chi connectivity index (χ3v) is 5.09. The van der Waals surface area contributed by atoms with Gasteiger partial charge in [0.1, 0.15) is 0 Å². The van der Waals surface area contributed by atoms with Crippen LogP contribution in [-0.4, -0.2) is 53.5 Å². The highest BCUT2D eigenvalue weighted by atomic mass is 32.2. The van der Waals surface area contributed by atoms with E-state index >= 15 is 0 Å². The second kappa shape index (κ2) is 7.18. The monoisotopic (exact) mass is 305 g/mol. The topological polar surface area (TPSA) is 35.6 Å². The van der Waals surface area contributed by atoms with E-state index in [-0.39, 0.29) is 6.03 Å². The predicted molar refractivity (Wildman–Crippen MR) is 88.9 cm³/mol. The first-order valence-corrected chi connectivity index (χ1v) is 8.92. The van der Waals surface area contributed by atoms with Crippen LogP contribution in [0.3, 0.4) is 0 Å². The Kier molecular flexibility index (Phi) is 5.04. The summed E-state index contributed by atoms with van der Waals surface area (Å²) in [5.41, 5.74) is 2.18. The molecule has 21 heavy (non-hydrogen) atoms. The Bertz CT molecular complexity index is 482. The Hall–Kier alpha value is -1.20. The Morgan fingerprint density at radius 3 is 2.57 bits per heavy atom. The molecule has 0 bridgehead atoms. The molecule has 2 saturated heterocycles. The molecule has 1 aromatic carbocycles. The van der Waals surface area contributed by atoms with Gasteiger partial charge in [0.25, 0.3) is 0 Å². The molecule has 0 spiro atoms. The summed E-state index contributed by atoms with van der Waals surface area (Å²) in [5, 5.41) is 3.10. The van der Waals surface area contributed by atoms with Gasteiger partial charge in [-0.15, -0.1) is 0 Å². The number of carbonyl (C=O) groups is 1. The summed E-state index contributed by atoms with van der Waals surface area (Å²) in [6, 6.07) is 8.24. The smallest absolute Gasteiger partial charge is 0.321 e. The van der Waals surface area contributed by atoms with Crippen LogP contribution in [0.5, 0.6) is 0 Å². The summed E-state index contributed by atoms with van der Waals surface area (Å²) in [4.78, 5) is 16.6. The lowest BCUT2D eigenvalue weighted by atomic mass is 10.1. The first-order valence-electron chi connectivity index (χ1n) is 7.77. The van der Waals surface area contributed by atoms with Crippen molar-refractivity contribution in [1.82, 2.24) is 9.80 Å². The van der Waals surface area contributed by atoms with E-state index in [2.05, 4.69) is 22.3 Å². The van der Waals surface area contributed by atoms with Gasteiger partial charge in [-0.2, -0.15) is 11.8 Å². The fraction of sp³-hybridized carbons (Fsp3) is 0.562. The summed E-state index contributed by atoms with van der Waals surface area (Å²) in [6.45, 7) is 4.98. The number of carbonyl (C=O) groups excluding carboxylic acids is 1. The van der Waals surface area contributed by atoms with Crippen LogP contribution in [-0.2, 0) is 6.54 Å². The largest absolute Gasteiger partial charge is 0.325 e. The second-order valence-corrected chi connectivity index (χ2v) is 6.89. The molecule has 2 heterocycles. The Labute approximate surface area is 130 Å². The Balaban J connectivity index is 1.65. The molecule has 114 valence electrons. The minimum atomic E-state index is 0.0501. The third-order valence-electron chi connectivity index (χ3n) is 4.15. The number of benzene rings is 1. The van der Waals surface area contributed by atoms with Crippen molar-refractivity contribution in [3.63, 3.8) is 0 Å². The van der Waals surface area contributed by atoms with Gasteiger partial charge in [-0.3, -0.25) is 4.90 Å². The summed E-state index contributed by atoms with van der Waals surface area (Å²) >= 11 is 2.02. The van der Waals surface area contributed by atoms with Gasteiger partial charge in [-0.25, -0.2) is 4.79 Å². The van der Waals surface area contributed by atoms with Crippen molar-refractivity contribution in [2.75, 3.05) is 43.0 Å².